The van der Waals surface area contributed by atoms with Gasteiger partial charge in [-0.15, -0.1) is 0 Å². The van der Waals surface area contributed by atoms with Crippen LogP contribution in [0.2, 0.25) is 5.15 Å². The fourth-order valence-electron chi connectivity index (χ4n) is 2.41. The maximum Gasteiger partial charge on any atom is 0.234 e. The fraction of sp³-hybridized carbons (Fsp3) is 0.412. The minimum atomic E-state index is 0.0265. The lowest BCUT2D eigenvalue weighted by atomic mass is 10.2. The number of likely N-dealkylation sites (N-methyl/N-ethyl adjacent to an activating group) is 2. The zero-order chi connectivity index (χ0) is 16.8. The van der Waals surface area contributed by atoms with E-state index in [0.717, 1.165) is 23.5 Å². The van der Waals surface area contributed by atoms with Gasteiger partial charge in [0.15, 0.2) is 0 Å². The average molecular weight is 335 g/mol. The molecule has 6 heteroatoms. The number of halogens is 1. The average Bonchev–Trinajstić information content (AvgIpc) is 2.83. The Morgan fingerprint density at radius 2 is 2.00 bits per heavy atom. The Hall–Kier alpha value is -1.85. The minimum Gasteiger partial charge on any atom is -0.355 e. The van der Waals surface area contributed by atoms with Gasteiger partial charge < -0.3 is 5.32 Å². The molecule has 0 atom stereocenters. The van der Waals surface area contributed by atoms with Gasteiger partial charge in [0.1, 0.15) is 5.15 Å². The van der Waals surface area contributed by atoms with Gasteiger partial charge in [0.2, 0.25) is 5.91 Å². The highest BCUT2D eigenvalue weighted by atomic mass is 35.5. The molecule has 1 aromatic carbocycles. The fourth-order valence-corrected chi connectivity index (χ4v) is 2.74. The van der Waals surface area contributed by atoms with Gasteiger partial charge in [-0.25, -0.2) is 4.68 Å². The molecule has 0 saturated carbocycles. The number of carbonyl (C=O) groups excluding carboxylic acids is 1. The number of rotatable bonds is 7. The van der Waals surface area contributed by atoms with E-state index < -0.39 is 0 Å². The molecule has 2 aromatic rings. The standard InChI is InChI=1S/C17H23ClN4O/c1-4-19-16(23)12-21(5-2)11-15-13(3)20-22(17(15)18)14-9-7-6-8-10-14/h6-10H,4-5,11-12H2,1-3H3,(H,19,23). The van der Waals surface area contributed by atoms with E-state index in [4.69, 9.17) is 11.6 Å². The molecule has 0 aliphatic carbocycles. The summed E-state index contributed by atoms with van der Waals surface area (Å²) in [6.07, 6.45) is 0. The van der Waals surface area contributed by atoms with Gasteiger partial charge in [0.25, 0.3) is 0 Å². The molecule has 1 amide bonds. The van der Waals surface area contributed by atoms with E-state index in [9.17, 15) is 4.79 Å². The molecule has 1 heterocycles. The molecule has 0 radical (unpaired) electrons. The largest absolute Gasteiger partial charge is 0.355 e. The second kappa shape index (κ2) is 8.13. The Balaban J connectivity index is 2.20. The summed E-state index contributed by atoms with van der Waals surface area (Å²) in [7, 11) is 0. The number of aryl methyl sites for hydroxylation is 1. The van der Waals surface area contributed by atoms with Crippen LogP contribution in [-0.4, -0.2) is 40.2 Å². The van der Waals surface area contributed by atoms with Gasteiger partial charge in [-0.3, -0.25) is 9.69 Å². The number of nitrogens with one attached hydrogen (secondary N) is 1. The molecule has 0 unspecified atom stereocenters. The topological polar surface area (TPSA) is 50.2 Å². The van der Waals surface area contributed by atoms with Crippen LogP contribution in [-0.2, 0) is 11.3 Å². The van der Waals surface area contributed by atoms with Crippen molar-refractivity contribution in [3.63, 3.8) is 0 Å². The third-order valence-corrected chi connectivity index (χ3v) is 4.08. The number of benzene rings is 1. The zero-order valence-corrected chi connectivity index (χ0v) is 14.6. The highest BCUT2D eigenvalue weighted by Gasteiger charge is 2.18. The van der Waals surface area contributed by atoms with Gasteiger partial charge in [-0.05, 0) is 32.5 Å². The Bertz CT molecular complexity index is 654. The molecule has 0 aliphatic rings. The van der Waals surface area contributed by atoms with Crippen molar-refractivity contribution in [2.75, 3.05) is 19.6 Å². The van der Waals surface area contributed by atoms with Gasteiger partial charge in [-0.2, -0.15) is 5.10 Å². The lowest BCUT2D eigenvalue weighted by Gasteiger charge is -2.19. The lowest BCUT2D eigenvalue weighted by molar-refractivity contribution is -0.122. The van der Waals surface area contributed by atoms with Crippen molar-refractivity contribution in [1.29, 1.82) is 0 Å². The summed E-state index contributed by atoms with van der Waals surface area (Å²) in [4.78, 5) is 13.8. The second-order valence-electron chi connectivity index (χ2n) is 5.36. The Morgan fingerprint density at radius 1 is 1.30 bits per heavy atom. The number of amides is 1. The molecule has 0 aliphatic heterocycles. The van der Waals surface area contributed by atoms with Crippen molar-refractivity contribution in [3.05, 3.63) is 46.7 Å². The van der Waals surface area contributed by atoms with E-state index in [1.54, 1.807) is 4.68 Å². The van der Waals surface area contributed by atoms with E-state index in [1.165, 1.54) is 0 Å². The minimum absolute atomic E-state index is 0.0265. The van der Waals surface area contributed by atoms with Crippen LogP contribution in [0.4, 0.5) is 0 Å². The van der Waals surface area contributed by atoms with Crippen LogP contribution < -0.4 is 5.32 Å². The molecule has 2 rings (SSSR count). The van der Waals surface area contributed by atoms with Crippen LogP contribution in [0.15, 0.2) is 30.3 Å². The van der Waals surface area contributed by atoms with E-state index in [-0.39, 0.29) is 5.91 Å². The maximum absolute atomic E-state index is 11.8. The summed E-state index contributed by atoms with van der Waals surface area (Å²) in [5.41, 5.74) is 2.77. The molecule has 1 N–H and O–H groups in total. The maximum atomic E-state index is 11.8. The first-order chi connectivity index (χ1) is 11.1. The summed E-state index contributed by atoms with van der Waals surface area (Å²) >= 11 is 6.54. The van der Waals surface area contributed by atoms with Crippen LogP contribution in [0.5, 0.6) is 0 Å². The molecule has 0 spiro atoms. The molecule has 124 valence electrons. The molecular formula is C17H23ClN4O. The van der Waals surface area contributed by atoms with Gasteiger partial charge in [0.05, 0.1) is 17.9 Å². The predicted molar refractivity (Wildman–Crippen MR) is 92.9 cm³/mol. The van der Waals surface area contributed by atoms with Crippen molar-refractivity contribution < 1.29 is 4.79 Å². The molecule has 0 saturated heterocycles. The molecule has 0 bridgehead atoms. The number of hydrogen-bond donors (Lipinski definition) is 1. The first-order valence-electron chi connectivity index (χ1n) is 7.85. The van der Waals surface area contributed by atoms with Crippen LogP contribution in [0.3, 0.4) is 0 Å². The number of hydrogen-bond acceptors (Lipinski definition) is 3. The summed E-state index contributed by atoms with van der Waals surface area (Å²) in [6.45, 7) is 8.26. The van der Waals surface area contributed by atoms with Crippen molar-refractivity contribution in [2.24, 2.45) is 0 Å². The number of nitrogens with zero attached hydrogens (tertiary/aromatic N) is 3. The SMILES string of the molecule is CCNC(=O)CN(CC)Cc1c(C)nn(-c2ccccc2)c1Cl. The summed E-state index contributed by atoms with van der Waals surface area (Å²) in [6, 6.07) is 9.80. The normalized spacial score (nSPS) is 11.0. The molecular weight excluding hydrogens is 312 g/mol. The molecule has 1 aromatic heterocycles. The van der Waals surface area contributed by atoms with E-state index in [2.05, 4.69) is 15.3 Å². The van der Waals surface area contributed by atoms with Gasteiger partial charge in [0, 0.05) is 18.7 Å². The first kappa shape index (κ1) is 17.5. The number of aromatic nitrogens is 2. The quantitative estimate of drug-likeness (QED) is 0.847. The smallest absolute Gasteiger partial charge is 0.234 e. The number of carbonyl (C=O) groups is 1. The molecule has 0 fully saturated rings. The van der Waals surface area contributed by atoms with Gasteiger partial charge >= 0.3 is 0 Å². The predicted octanol–water partition coefficient (Wildman–Crippen LogP) is 2.79. The molecule has 5 nitrogen and oxygen atoms in total. The third kappa shape index (κ3) is 4.33. The number of para-hydroxylation sites is 1. The summed E-state index contributed by atoms with van der Waals surface area (Å²) < 4.78 is 1.74. The van der Waals surface area contributed by atoms with Crippen LogP contribution in [0.1, 0.15) is 25.1 Å². The van der Waals surface area contributed by atoms with E-state index >= 15 is 0 Å². The highest BCUT2D eigenvalue weighted by molar-refractivity contribution is 6.30. The van der Waals surface area contributed by atoms with E-state index in [0.29, 0.717) is 24.8 Å². The lowest BCUT2D eigenvalue weighted by Crippen LogP contribution is -2.36. The third-order valence-electron chi connectivity index (χ3n) is 3.69. The first-order valence-corrected chi connectivity index (χ1v) is 8.23. The van der Waals surface area contributed by atoms with Crippen molar-refractivity contribution >= 4 is 17.5 Å². The Labute approximate surface area is 142 Å². The van der Waals surface area contributed by atoms with Crippen molar-refractivity contribution in [3.8, 4) is 5.69 Å². The monoisotopic (exact) mass is 334 g/mol. The highest BCUT2D eigenvalue weighted by Crippen LogP contribution is 2.24. The Kier molecular flexibility index (Phi) is 6.19. The van der Waals surface area contributed by atoms with Crippen LogP contribution in [0.25, 0.3) is 5.69 Å². The summed E-state index contributed by atoms with van der Waals surface area (Å²) in [5, 5.41) is 7.96. The van der Waals surface area contributed by atoms with E-state index in [1.807, 2.05) is 51.1 Å². The Morgan fingerprint density at radius 3 is 2.61 bits per heavy atom. The molecule has 23 heavy (non-hydrogen) atoms. The van der Waals surface area contributed by atoms with Crippen molar-refractivity contribution in [2.45, 2.75) is 27.3 Å². The van der Waals surface area contributed by atoms with Crippen LogP contribution in [0, 0.1) is 6.92 Å². The second-order valence-corrected chi connectivity index (χ2v) is 5.72. The zero-order valence-electron chi connectivity index (χ0n) is 13.8. The van der Waals surface area contributed by atoms with Gasteiger partial charge in [-0.1, -0.05) is 36.7 Å². The van der Waals surface area contributed by atoms with Crippen LogP contribution >= 0.6 is 11.6 Å². The van der Waals surface area contributed by atoms with Crippen molar-refractivity contribution in [1.82, 2.24) is 20.0 Å². The summed E-state index contributed by atoms with van der Waals surface area (Å²) in [5.74, 6) is 0.0265.